The highest BCUT2D eigenvalue weighted by Crippen LogP contribution is 2.27. The van der Waals surface area contributed by atoms with Gasteiger partial charge >= 0.3 is 0 Å². The summed E-state index contributed by atoms with van der Waals surface area (Å²) in [5.41, 5.74) is 6.52. The van der Waals surface area contributed by atoms with Crippen molar-refractivity contribution < 1.29 is 9.47 Å². The van der Waals surface area contributed by atoms with Crippen LogP contribution in [0.3, 0.4) is 0 Å². The normalized spacial score (nSPS) is 12.2. The summed E-state index contributed by atoms with van der Waals surface area (Å²) in [6, 6.07) is 5.61. The summed E-state index contributed by atoms with van der Waals surface area (Å²) in [6.07, 6.45) is 3.35. The molecule has 1 unspecified atom stereocenters. The lowest BCUT2D eigenvalue weighted by Crippen LogP contribution is -2.08. The van der Waals surface area contributed by atoms with Gasteiger partial charge < -0.3 is 15.2 Å². The lowest BCUT2D eigenvalue weighted by atomic mass is 10.1. The molecule has 0 bridgehead atoms. The number of hydrogen-bond acceptors (Lipinski definition) is 3. The van der Waals surface area contributed by atoms with Gasteiger partial charge in [-0.1, -0.05) is 27.2 Å². The molecule has 0 aliphatic heterocycles. The fraction of sp³-hybridized carbons (Fsp3) is 0.600. The summed E-state index contributed by atoms with van der Waals surface area (Å²) in [4.78, 5) is 0. The zero-order valence-electron chi connectivity index (χ0n) is 11.7. The Morgan fingerprint density at radius 2 is 1.94 bits per heavy atom. The molecule has 102 valence electrons. The van der Waals surface area contributed by atoms with E-state index in [1.807, 2.05) is 18.2 Å². The van der Waals surface area contributed by atoms with Crippen molar-refractivity contribution in [2.45, 2.75) is 40.0 Å². The van der Waals surface area contributed by atoms with E-state index in [2.05, 4.69) is 20.8 Å². The van der Waals surface area contributed by atoms with Gasteiger partial charge in [0.2, 0.25) is 0 Å². The molecular weight excluding hydrogens is 226 g/mol. The van der Waals surface area contributed by atoms with Gasteiger partial charge in [-0.15, -0.1) is 0 Å². The number of hydrogen-bond donors (Lipinski definition) is 1. The molecule has 1 rings (SSSR count). The van der Waals surface area contributed by atoms with Crippen molar-refractivity contribution in [2.24, 2.45) is 5.92 Å². The Balaban J connectivity index is 2.55. The molecule has 0 amide bonds. The molecule has 1 atom stereocenters. The van der Waals surface area contributed by atoms with Crippen LogP contribution in [0.2, 0.25) is 0 Å². The summed E-state index contributed by atoms with van der Waals surface area (Å²) in [7, 11) is 0. The summed E-state index contributed by atoms with van der Waals surface area (Å²) >= 11 is 0. The first-order valence-electron chi connectivity index (χ1n) is 6.82. The van der Waals surface area contributed by atoms with Crippen LogP contribution >= 0.6 is 0 Å². The van der Waals surface area contributed by atoms with Crippen molar-refractivity contribution >= 4 is 5.69 Å². The van der Waals surface area contributed by atoms with Gasteiger partial charge in [0.25, 0.3) is 0 Å². The van der Waals surface area contributed by atoms with Gasteiger partial charge in [-0.25, -0.2) is 0 Å². The fourth-order valence-electron chi connectivity index (χ4n) is 1.76. The number of nitrogens with two attached hydrogens (primary N) is 1. The van der Waals surface area contributed by atoms with E-state index in [4.69, 9.17) is 15.2 Å². The van der Waals surface area contributed by atoms with E-state index in [0.29, 0.717) is 18.2 Å². The molecule has 3 nitrogen and oxygen atoms in total. The van der Waals surface area contributed by atoms with Crippen LogP contribution in [0.5, 0.6) is 11.5 Å². The van der Waals surface area contributed by atoms with Gasteiger partial charge in [0, 0.05) is 6.07 Å². The minimum Gasteiger partial charge on any atom is -0.493 e. The Labute approximate surface area is 110 Å². The maximum atomic E-state index is 5.85. The molecule has 1 aromatic rings. The molecule has 3 heteroatoms. The topological polar surface area (TPSA) is 44.5 Å². The standard InChI is InChI=1S/C15H25NO2/c1-4-6-12(3)11-18-13-7-8-14(16)15(10-13)17-9-5-2/h7-8,10,12H,4-6,9,11,16H2,1-3H3. The summed E-state index contributed by atoms with van der Waals surface area (Å²) in [6.45, 7) is 7.89. The number of rotatable bonds is 8. The molecule has 0 aromatic heterocycles. The van der Waals surface area contributed by atoms with Crippen LogP contribution < -0.4 is 15.2 Å². The SMILES string of the molecule is CCCOc1cc(OCC(C)CCC)ccc1N. The number of benzene rings is 1. The van der Waals surface area contributed by atoms with Gasteiger partial charge in [0.15, 0.2) is 0 Å². The maximum Gasteiger partial charge on any atom is 0.145 e. The van der Waals surface area contributed by atoms with Crippen molar-refractivity contribution in [1.82, 2.24) is 0 Å². The molecule has 0 spiro atoms. The third kappa shape index (κ3) is 4.86. The van der Waals surface area contributed by atoms with E-state index in [1.165, 1.54) is 12.8 Å². The predicted molar refractivity (Wildman–Crippen MR) is 76.2 cm³/mol. The number of ether oxygens (including phenoxy) is 2. The second-order valence-corrected chi connectivity index (χ2v) is 4.75. The van der Waals surface area contributed by atoms with E-state index in [1.54, 1.807) is 0 Å². The maximum absolute atomic E-state index is 5.85. The summed E-state index contributed by atoms with van der Waals surface area (Å²) < 4.78 is 11.3. The Bertz CT molecular complexity index is 352. The molecule has 0 saturated carbocycles. The van der Waals surface area contributed by atoms with Crippen molar-refractivity contribution in [3.8, 4) is 11.5 Å². The third-order valence-electron chi connectivity index (χ3n) is 2.76. The van der Waals surface area contributed by atoms with Gasteiger partial charge in [0.1, 0.15) is 11.5 Å². The van der Waals surface area contributed by atoms with Crippen LogP contribution in [-0.2, 0) is 0 Å². The molecule has 0 aliphatic rings. The molecule has 0 fully saturated rings. The van der Waals surface area contributed by atoms with E-state index in [-0.39, 0.29) is 0 Å². The van der Waals surface area contributed by atoms with E-state index < -0.39 is 0 Å². The lowest BCUT2D eigenvalue weighted by Gasteiger charge is -2.14. The average Bonchev–Trinajstić information content (AvgIpc) is 2.36. The summed E-state index contributed by atoms with van der Waals surface area (Å²) in [5.74, 6) is 2.13. The van der Waals surface area contributed by atoms with E-state index >= 15 is 0 Å². The Morgan fingerprint density at radius 3 is 2.61 bits per heavy atom. The molecule has 0 heterocycles. The van der Waals surface area contributed by atoms with Crippen LogP contribution in [-0.4, -0.2) is 13.2 Å². The smallest absolute Gasteiger partial charge is 0.145 e. The molecular formula is C15H25NO2. The molecule has 2 N–H and O–H groups in total. The van der Waals surface area contributed by atoms with Gasteiger partial charge in [-0.2, -0.15) is 0 Å². The third-order valence-corrected chi connectivity index (χ3v) is 2.76. The highest BCUT2D eigenvalue weighted by Gasteiger charge is 2.05. The lowest BCUT2D eigenvalue weighted by molar-refractivity contribution is 0.249. The van der Waals surface area contributed by atoms with Crippen LogP contribution in [0, 0.1) is 5.92 Å². The Morgan fingerprint density at radius 1 is 1.17 bits per heavy atom. The first kappa shape index (κ1) is 14.7. The zero-order chi connectivity index (χ0) is 13.4. The molecule has 18 heavy (non-hydrogen) atoms. The minimum absolute atomic E-state index is 0.576. The van der Waals surface area contributed by atoms with Crippen LogP contribution in [0.1, 0.15) is 40.0 Å². The highest BCUT2D eigenvalue weighted by molar-refractivity contribution is 5.55. The van der Waals surface area contributed by atoms with Crippen LogP contribution in [0.25, 0.3) is 0 Å². The largest absolute Gasteiger partial charge is 0.493 e. The van der Waals surface area contributed by atoms with E-state index in [0.717, 1.165) is 24.5 Å². The minimum atomic E-state index is 0.576. The monoisotopic (exact) mass is 251 g/mol. The van der Waals surface area contributed by atoms with Crippen LogP contribution in [0.4, 0.5) is 5.69 Å². The second kappa shape index (κ2) is 7.85. The van der Waals surface area contributed by atoms with Crippen molar-refractivity contribution in [1.29, 1.82) is 0 Å². The second-order valence-electron chi connectivity index (χ2n) is 4.75. The number of nitrogen functional groups attached to an aromatic ring is 1. The first-order valence-corrected chi connectivity index (χ1v) is 6.82. The van der Waals surface area contributed by atoms with Crippen molar-refractivity contribution in [3.63, 3.8) is 0 Å². The van der Waals surface area contributed by atoms with Gasteiger partial charge in [-0.3, -0.25) is 0 Å². The quantitative estimate of drug-likeness (QED) is 0.713. The van der Waals surface area contributed by atoms with E-state index in [9.17, 15) is 0 Å². The zero-order valence-corrected chi connectivity index (χ0v) is 11.7. The van der Waals surface area contributed by atoms with Gasteiger partial charge in [0.05, 0.1) is 18.9 Å². The predicted octanol–water partition coefficient (Wildman–Crippen LogP) is 3.87. The first-order chi connectivity index (χ1) is 8.67. The van der Waals surface area contributed by atoms with Crippen LogP contribution in [0.15, 0.2) is 18.2 Å². The number of anilines is 1. The fourth-order valence-corrected chi connectivity index (χ4v) is 1.76. The van der Waals surface area contributed by atoms with Crippen molar-refractivity contribution in [3.05, 3.63) is 18.2 Å². The molecule has 0 saturated heterocycles. The Hall–Kier alpha value is -1.38. The summed E-state index contributed by atoms with van der Waals surface area (Å²) in [5, 5.41) is 0. The van der Waals surface area contributed by atoms with Crippen molar-refractivity contribution in [2.75, 3.05) is 18.9 Å². The highest BCUT2D eigenvalue weighted by atomic mass is 16.5. The molecule has 1 aromatic carbocycles. The average molecular weight is 251 g/mol. The van der Waals surface area contributed by atoms with Gasteiger partial charge in [-0.05, 0) is 30.9 Å². The molecule has 0 aliphatic carbocycles. The Kier molecular flexibility index (Phi) is 6.40. The molecule has 0 radical (unpaired) electrons.